The highest BCUT2D eigenvalue weighted by atomic mass is 16.5. The van der Waals surface area contributed by atoms with E-state index >= 15 is 0 Å². The molecule has 7 heteroatoms. The van der Waals surface area contributed by atoms with Gasteiger partial charge >= 0.3 is 5.97 Å². The summed E-state index contributed by atoms with van der Waals surface area (Å²) < 4.78 is 11.3. The Labute approximate surface area is 254 Å². The first-order chi connectivity index (χ1) is 21.4. The molecule has 0 bridgehead atoms. The molecule has 3 aliphatic rings. The van der Waals surface area contributed by atoms with Crippen LogP contribution in [-0.4, -0.2) is 42.0 Å². The third-order valence-corrected chi connectivity index (χ3v) is 8.94. The summed E-state index contributed by atoms with van der Waals surface area (Å²) in [6.45, 7) is 3.55. The summed E-state index contributed by atoms with van der Waals surface area (Å²) in [5.74, 6) is -1.38. The van der Waals surface area contributed by atoms with Crippen LogP contribution < -0.4 is 14.4 Å². The highest BCUT2D eigenvalue weighted by Gasteiger charge is 2.71. The van der Waals surface area contributed by atoms with Gasteiger partial charge in [-0.3, -0.25) is 19.2 Å². The Balaban J connectivity index is 1.51. The van der Waals surface area contributed by atoms with Crippen molar-refractivity contribution < 1.29 is 28.7 Å². The number of hydrogen-bond acceptors (Lipinski definition) is 7. The van der Waals surface area contributed by atoms with E-state index in [-0.39, 0.29) is 17.3 Å². The number of ether oxygens (including phenoxy) is 2. The van der Waals surface area contributed by atoms with Gasteiger partial charge in [-0.15, -0.1) is 0 Å². The van der Waals surface area contributed by atoms with Gasteiger partial charge in [-0.1, -0.05) is 72.8 Å². The maximum absolute atomic E-state index is 14.9. The number of carbonyl (C=O) groups excluding carboxylic acids is 4. The molecule has 0 amide bonds. The smallest absolute Gasteiger partial charge is 0.308 e. The lowest BCUT2D eigenvalue weighted by Gasteiger charge is -2.37. The van der Waals surface area contributed by atoms with E-state index in [1.165, 1.54) is 6.92 Å². The number of para-hydroxylation sites is 2. The number of anilines is 1. The van der Waals surface area contributed by atoms with Crippen LogP contribution in [0.2, 0.25) is 0 Å². The molecule has 1 aliphatic carbocycles. The molecule has 0 saturated carbocycles. The van der Waals surface area contributed by atoms with Crippen LogP contribution in [0.4, 0.5) is 5.69 Å². The lowest BCUT2D eigenvalue weighted by Crippen LogP contribution is -2.48. The van der Waals surface area contributed by atoms with Gasteiger partial charge in [-0.2, -0.15) is 0 Å². The second kappa shape index (κ2) is 10.5. The Kier molecular flexibility index (Phi) is 6.54. The summed E-state index contributed by atoms with van der Waals surface area (Å²) in [6, 6.07) is 26.7. The Morgan fingerprint density at radius 3 is 2.14 bits per heavy atom. The Hall–Kier alpha value is -5.30. The molecule has 0 aromatic heterocycles. The van der Waals surface area contributed by atoms with Crippen molar-refractivity contribution in [1.29, 1.82) is 0 Å². The van der Waals surface area contributed by atoms with E-state index in [2.05, 4.69) is 0 Å². The zero-order chi connectivity index (χ0) is 30.6. The van der Waals surface area contributed by atoms with E-state index in [1.807, 2.05) is 72.5 Å². The standard InChI is InChI=1S/C37H29NO6/c1-3-43-30-15-9-7-13-28(30)32-33(34(40)24-16-19-25(20-17-24)44-22(2)39)38-29-14-8-4-10-23(29)18-21-31(38)37(32)35(41)26-11-5-6-12-27(26)36(37)42/h4-21,31-33H,3H2,1-2H3/t31-,32-,33-/m1/s1. The molecule has 1 fully saturated rings. The first-order valence-corrected chi connectivity index (χ1v) is 14.7. The zero-order valence-corrected chi connectivity index (χ0v) is 24.2. The van der Waals surface area contributed by atoms with Gasteiger partial charge in [0, 0.05) is 40.8 Å². The summed E-state index contributed by atoms with van der Waals surface area (Å²) in [6.07, 6.45) is 3.84. The van der Waals surface area contributed by atoms with Crippen LogP contribution in [0.3, 0.4) is 0 Å². The van der Waals surface area contributed by atoms with Crippen molar-refractivity contribution in [3.05, 3.63) is 131 Å². The van der Waals surface area contributed by atoms with Gasteiger partial charge in [0.15, 0.2) is 17.3 Å². The summed E-state index contributed by atoms with van der Waals surface area (Å²) in [4.78, 5) is 58.0. The lowest BCUT2D eigenvalue weighted by molar-refractivity contribution is -0.131. The molecule has 1 saturated heterocycles. The van der Waals surface area contributed by atoms with Crippen molar-refractivity contribution in [2.75, 3.05) is 11.5 Å². The van der Waals surface area contributed by atoms with Crippen LogP contribution in [0.15, 0.2) is 103 Å². The number of benzene rings is 4. The van der Waals surface area contributed by atoms with E-state index in [9.17, 15) is 19.2 Å². The van der Waals surface area contributed by atoms with Crippen molar-refractivity contribution in [2.45, 2.75) is 31.8 Å². The normalized spacial score (nSPS) is 20.7. The van der Waals surface area contributed by atoms with Crippen LogP contribution in [0, 0.1) is 5.41 Å². The Bertz CT molecular complexity index is 1840. The van der Waals surface area contributed by atoms with Crippen LogP contribution in [0.5, 0.6) is 11.5 Å². The molecule has 7 nitrogen and oxygen atoms in total. The van der Waals surface area contributed by atoms with E-state index in [0.717, 1.165) is 11.3 Å². The summed E-state index contributed by atoms with van der Waals surface area (Å²) in [7, 11) is 0. The monoisotopic (exact) mass is 583 g/mol. The number of carbonyl (C=O) groups is 4. The van der Waals surface area contributed by atoms with Crippen molar-refractivity contribution >= 4 is 35.1 Å². The first kappa shape index (κ1) is 27.5. The van der Waals surface area contributed by atoms with Gasteiger partial charge in [0.05, 0.1) is 12.6 Å². The molecular weight excluding hydrogens is 554 g/mol. The molecule has 2 aliphatic heterocycles. The fourth-order valence-electron chi connectivity index (χ4n) is 7.31. The second-order valence-electron chi connectivity index (χ2n) is 11.2. The van der Waals surface area contributed by atoms with Crippen molar-refractivity contribution in [2.24, 2.45) is 5.41 Å². The number of hydrogen-bond donors (Lipinski definition) is 0. The molecule has 44 heavy (non-hydrogen) atoms. The highest BCUT2D eigenvalue weighted by Crippen LogP contribution is 2.62. The van der Waals surface area contributed by atoms with Crippen molar-refractivity contribution in [3.8, 4) is 11.5 Å². The number of ketones is 3. The molecule has 218 valence electrons. The highest BCUT2D eigenvalue weighted by molar-refractivity contribution is 6.32. The average molecular weight is 584 g/mol. The molecule has 4 aromatic carbocycles. The number of nitrogens with zero attached hydrogens (tertiary/aromatic N) is 1. The number of Topliss-reactive ketones (excluding diaryl/α,β-unsaturated/α-hetero) is 3. The maximum atomic E-state index is 14.9. The fraction of sp³-hybridized carbons (Fsp3) is 0.189. The average Bonchev–Trinajstić information content (AvgIpc) is 3.47. The third kappa shape index (κ3) is 3.89. The Morgan fingerprint density at radius 1 is 0.818 bits per heavy atom. The molecular formula is C37H29NO6. The molecule has 1 spiro atoms. The SMILES string of the molecule is CCOc1ccccc1[C@@H]1[C@H](C(=O)c2ccc(OC(C)=O)cc2)N2c3ccccc3C=C[C@@H]2C12C(=O)c1ccccc1C2=O. The molecule has 0 radical (unpaired) electrons. The summed E-state index contributed by atoms with van der Waals surface area (Å²) in [5.41, 5.74) is 1.74. The predicted octanol–water partition coefficient (Wildman–Crippen LogP) is 6.33. The van der Waals surface area contributed by atoms with Crippen molar-refractivity contribution in [1.82, 2.24) is 0 Å². The van der Waals surface area contributed by atoms with Crippen LogP contribution in [-0.2, 0) is 4.79 Å². The van der Waals surface area contributed by atoms with Gasteiger partial charge in [0.25, 0.3) is 0 Å². The molecule has 4 aromatic rings. The van der Waals surface area contributed by atoms with Crippen LogP contribution >= 0.6 is 0 Å². The molecule has 3 atom stereocenters. The maximum Gasteiger partial charge on any atom is 0.308 e. The van der Waals surface area contributed by atoms with Gasteiger partial charge in [-0.25, -0.2) is 0 Å². The molecule has 2 heterocycles. The van der Waals surface area contributed by atoms with Gasteiger partial charge in [0.1, 0.15) is 23.0 Å². The number of fused-ring (bicyclic) bond motifs is 5. The number of rotatable bonds is 6. The quantitative estimate of drug-likeness (QED) is 0.113. The largest absolute Gasteiger partial charge is 0.494 e. The van der Waals surface area contributed by atoms with E-state index < -0.39 is 29.4 Å². The minimum atomic E-state index is -1.63. The summed E-state index contributed by atoms with van der Waals surface area (Å²) >= 11 is 0. The topological polar surface area (TPSA) is 90.0 Å². The van der Waals surface area contributed by atoms with E-state index in [4.69, 9.17) is 9.47 Å². The second-order valence-corrected chi connectivity index (χ2v) is 11.2. The van der Waals surface area contributed by atoms with Crippen LogP contribution in [0.25, 0.3) is 6.08 Å². The minimum absolute atomic E-state index is 0.265. The molecule has 0 N–H and O–H groups in total. The van der Waals surface area contributed by atoms with E-state index in [1.54, 1.807) is 48.5 Å². The Morgan fingerprint density at radius 2 is 1.45 bits per heavy atom. The molecule has 7 rings (SSSR count). The minimum Gasteiger partial charge on any atom is -0.494 e. The molecule has 0 unspecified atom stereocenters. The van der Waals surface area contributed by atoms with Crippen molar-refractivity contribution in [3.63, 3.8) is 0 Å². The van der Waals surface area contributed by atoms with Gasteiger partial charge in [0.2, 0.25) is 0 Å². The summed E-state index contributed by atoms with van der Waals surface area (Å²) in [5, 5.41) is 0. The fourth-order valence-corrected chi connectivity index (χ4v) is 7.31. The zero-order valence-electron chi connectivity index (χ0n) is 24.2. The van der Waals surface area contributed by atoms with Gasteiger partial charge < -0.3 is 14.4 Å². The predicted molar refractivity (Wildman–Crippen MR) is 166 cm³/mol. The third-order valence-electron chi connectivity index (χ3n) is 8.94. The first-order valence-electron chi connectivity index (χ1n) is 14.7. The van der Waals surface area contributed by atoms with Gasteiger partial charge in [-0.05, 0) is 48.9 Å². The number of esters is 1. The lowest BCUT2D eigenvalue weighted by atomic mass is 9.64. The van der Waals surface area contributed by atoms with E-state index in [0.29, 0.717) is 40.4 Å². The van der Waals surface area contributed by atoms with Crippen LogP contribution in [0.1, 0.15) is 62.0 Å².